The van der Waals surface area contributed by atoms with Gasteiger partial charge in [0, 0.05) is 0 Å². The van der Waals surface area contributed by atoms with Crippen molar-refractivity contribution in [3.05, 3.63) is 48.2 Å². The molecule has 1 heterocycles. The molecule has 0 amide bonds. The van der Waals surface area contributed by atoms with E-state index in [1.165, 1.54) is 24.8 Å². The Bertz CT molecular complexity index is 568. The van der Waals surface area contributed by atoms with Gasteiger partial charge in [-0.05, 0) is 68.4 Å². The lowest BCUT2D eigenvalue weighted by Gasteiger charge is -2.42. The zero-order chi connectivity index (χ0) is 19.4. The molecule has 1 aliphatic rings. The normalized spacial score (nSPS) is 18.5. The number of hydrogen-bond acceptors (Lipinski definition) is 2. The second-order valence-electron chi connectivity index (χ2n) is 9.42. The first-order chi connectivity index (χ1) is 12.1. The highest BCUT2D eigenvalue weighted by atomic mass is 28.4. The standard InChI is InChI=1S/C23H39NOSi/c1-8-22(19(2)25-26(6,7)23(3,4)5)24-16-14-21(15-17-24)18-20-12-10-9-11-13-20/h9-13,21-22H,2,8,14-18H2,1,3-7H3/t22-/m0/s1. The summed E-state index contributed by atoms with van der Waals surface area (Å²) in [4.78, 5) is 2.61. The smallest absolute Gasteiger partial charge is 0.250 e. The minimum Gasteiger partial charge on any atom is -0.546 e. The van der Waals surface area contributed by atoms with Crippen LogP contribution in [-0.4, -0.2) is 32.3 Å². The molecule has 1 aliphatic heterocycles. The molecule has 26 heavy (non-hydrogen) atoms. The number of piperidine rings is 1. The Labute approximate surface area is 162 Å². The molecular formula is C23H39NOSi. The van der Waals surface area contributed by atoms with Crippen LogP contribution in [0.3, 0.4) is 0 Å². The second kappa shape index (κ2) is 8.75. The van der Waals surface area contributed by atoms with Crippen molar-refractivity contribution >= 4 is 8.32 Å². The summed E-state index contributed by atoms with van der Waals surface area (Å²) in [5, 5.41) is 0.219. The molecule has 0 N–H and O–H groups in total. The summed E-state index contributed by atoms with van der Waals surface area (Å²) in [5.74, 6) is 1.81. The highest BCUT2D eigenvalue weighted by Gasteiger charge is 2.40. The van der Waals surface area contributed by atoms with Gasteiger partial charge in [-0.2, -0.15) is 0 Å². The van der Waals surface area contributed by atoms with Crippen LogP contribution in [-0.2, 0) is 10.8 Å². The first kappa shape index (κ1) is 21.2. The molecule has 0 saturated carbocycles. The van der Waals surface area contributed by atoms with E-state index in [-0.39, 0.29) is 5.04 Å². The number of hydrogen-bond donors (Lipinski definition) is 0. The Morgan fingerprint density at radius 1 is 1.19 bits per heavy atom. The summed E-state index contributed by atoms with van der Waals surface area (Å²) in [5.41, 5.74) is 1.48. The predicted octanol–water partition coefficient (Wildman–Crippen LogP) is 6.26. The van der Waals surface area contributed by atoms with Crippen LogP contribution in [0.4, 0.5) is 0 Å². The maximum absolute atomic E-state index is 6.53. The number of rotatable bonds is 7. The fraction of sp³-hybridized carbons (Fsp3) is 0.652. The Balaban J connectivity index is 1.90. The van der Waals surface area contributed by atoms with Crippen molar-refractivity contribution in [3.63, 3.8) is 0 Å². The van der Waals surface area contributed by atoms with E-state index in [2.05, 4.69) is 82.6 Å². The molecule has 1 aromatic rings. The minimum absolute atomic E-state index is 0.219. The number of likely N-dealkylation sites (tertiary alicyclic amines) is 1. The molecule has 0 aliphatic carbocycles. The van der Waals surface area contributed by atoms with Crippen LogP contribution in [0.15, 0.2) is 42.7 Å². The van der Waals surface area contributed by atoms with Gasteiger partial charge in [0.25, 0.3) is 0 Å². The minimum atomic E-state index is -1.80. The molecule has 0 radical (unpaired) electrons. The Morgan fingerprint density at radius 2 is 1.77 bits per heavy atom. The molecule has 1 saturated heterocycles. The molecular weight excluding hydrogens is 334 g/mol. The summed E-state index contributed by atoms with van der Waals surface area (Å²) >= 11 is 0. The number of benzene rings is 1. The molecule has 2 nitrogen and oxygen atoms in total. The second-order valence-corrected chi connectivity index (χ2v) is 14.1. The number of nitrogens with zero attached hydrogens (tertiary/aromatic N) is 1. The van der Waals surface area contributed by atoms with Crippen LogP contribution in [0.5, 0.6) is 0 Å². The summed E-state index contributed by atoms with van der Waals surface area (Å²) in [6.07, 6.45) is 4.85. The van der Waals surface area contributed by atoms with Crippen LogP contribution in [0, 0.1) is 5.92 Å². The maximum Gasteiger partial charge on any atom is 0.250 e. The fourth-order valence-corrected chi connectivity index (χ4v) is 4.75. The van der Waals surface area contributed by atoms with Gasteiger partial charge in [-0.3, -0.25) is 4.90 Å². The van der Waals surface area contributed by atoms with Crippen molar-refractivity contribution in [2.45, 2.75) is 77.6 Å². The van der Waals surface area contributed by atoms with Gasteiger partial charge in [0.05, 0.1) is 11.8 Å². The molecule has 0 spiro atoms. The molecule has 1 atom stereocenters. The Hall–Kier alpha value is -1.06. The van der Waals surface area contributed by atoms with Gasteiger partial charge in [0.1, 0.15) is 0 Å². The van der Waals surface area contributed by atoms with E-state index in [1.807, 2.05) is 0 Å². The van der Waals surface area contributed by atoms with E-state index < -0.39 is 8.32 Å². The quantitative estimate of drug-likeness (QED) is 0.413. The molecule has 0 bridgehead atoms. The van der Waals surface area contributed by atoms with Gasteiger partial charge in [0.2, 0.25) is 8.32 Å². The average Bonchev–Trinajstić information content (AvgIpc) is 2.56. The highest BCUT2D eigenvalue weighted by Crippen LogP contribution is 2.39. The Morgan fingerprint density at radius 3 is 2.27 bits per heavy atom. The zero-order valence-electron chi connectivity index (χ0n) is 17.8. The van der Waals surface area contributed by atoms with E-state index in [0.29, 0.717) is 6.04 Å². The molecule has 0 aromatic heterocycles. The first-order valence-electron chi connectivity index (χ1n) is 10.3. The third-order valence-electron chi connectivity index (χ3n) is 6.41. The third kappa shape index (κ3) is 5.47. The molecule has 2 rings (SSSR count). The average molecular weight is 374 g/mol. The van der Waals surface area contributed by atoms with E-state index in [1.54, 1.807) is 0 Å². The molecule has 1 fully saturated rings. The van der Waals surface area contributed by atoms with Crippen LogP contribution in [0.25, 0.3) is 0 Å². The maximum atomic E-state index is 6.53. The summed E-state index contributed by atoms with van der Waals surface area (Å²) < 4.78 is 6.53. The molecule has 146 valence electrons. The molecule has 3 heteroatoms. The first-order valence-corrected chi connectivity index (χ1v) is 13.2. The van der Waals surface area contributed by atoms with Crippen molar-refractivity contribution < 1.29 is 4.43 Å². The summed E-state index contributed by atoms with van der Waals surface area (Å²) in [7, 11) is -1.80. The van der Waals surface area contributed by atoms with E-state index in [9.17, 15) is 0 Å². The van der Waals surface area contributed by atoms with Gasteiger partial charge < -0.3 is 4.43 Å². The van der Waals surface area contributed by atoms with Crippen LogP contribution < -0.4 is 0 Å². The van der Waals surface area contributed by atoms with Crippen molar-refractivity contribution in [2.75, 3.05) is 13.1 Å². The molecule has 0 unspecified atom stereocenters. The van der Waals surface area contributed by atoms with E-state index in [4.69, 9.17) is 4.43 Å². The SMILES string of the molecule is C=C(O[Si](C)(C)C(C)(C)C)[C@H](CC)N1CCC(Cc2ccccc2)CC1. The lowest BCUT2D eigenvalue weighted by molar-refractivity contribution is 0.121. The topological polar surface area (TPSA) is 12.5 Å². The van der Waals surface area contributed by atoms with Gasteiger partial charge >= 0.3 is 0 Å². The monoisotopic (exact) mass is 373 g/mol. The lowest BCUT2D eigenvalue weighted by Crippen LogP contribution is -2.47. The summed E-state index contributed by atoms with van der Waals surface area (Å²) in [6, 6.07) is 11.3. The lowest BCUT2D eigenvalue weighted by atomic mass is 9.89. The fourth-order valence-electron chi connectivity index (χ4n) is 3.65. The predicted molar refractivity (Wildman–Crippen MR) is 116 cm³/mol. The third-order valence-corrected chi connectivity index (χ3v) is 10.8. The van der Waals surface area contributed by atoms with Crippen molar-refractivity contribution in [1.82, 2.24) is 4.90 Å². The van der Waals surface area contributed by atoms with Gasteiger partial charge in [0.15, 0.2) is 0 Å². The largest absolute Gasteiger partial charge is 0.546 e. The Kier molecular flexibility index (Phi) is 7.15. The van der Waals surface area contributed by atoms with Gasteiger partial charge in [-0.1, -0.05) is 64.6 Å². The van der Waals surface area contributed by atoms with E-state index in [0.717, 1.165) is 31.2 Å². The van der Waals surface area contributed by atoms with Crippen molar-refractivity contribution in [1.29, 1.82) is 0 Å². The zero-order valence-corrected chi connectivity index (χ0v) is 18.8. The molecule has 1 aromatic carbocycles. The van der Waals surface area contributed by atoms with Crippen molar-refractivity contribution in [2.24, 2.45) is 5.92 Å². The van der Waals surface area contributed by atoms with Crippen LogP contribution in [0.1, 0.15) is 52.5 Å². The summed E-state index contributed by atoms with van der Waals surface area (Å²) in [6.45, 7) is 20.5. The van der Waals surface area contributed by atoms with Crippen LogP contribution in [0.2, 0.25) is 18.1 Å². The van der Waals surface area contributed by atoms with E-state index >= 15 is 0 Å². The highest BCUT2D eigenvalue weighted by molar-refractivity contribution is 6.74. The van der Waals surface area contributed by atoms with Gasteiger partial charge in [-0.15, -0.1) is 0 Å². The van der Waals surface area contributed by atoms with Crippen molar-refractivity contribution in [3.8, 4) is 0 Å². The van der Waals surface area contributed by atoms with Gasteiger partial charge in [-0.25, -0.2) is 0 Å². The van der Waals surface area contributed by atoms with Crippen LogP contribution >= 0.6 is 0 Å².